The van der Waals surface area contributed by atoms with Crippen LogP contribution in [0.15, 0.2) is 36.4 Å². The zero-order chi connectivity index (χ0) is 18.5. The Bertz CT molecular complexity index is 1100. The summed E-state index contributed by atoms with van der Waals surface area (Å²) < 4.78 is 5.44. The Balaban J connectivity index is 1.45. The molecule has 6 nitrogen and oxygen atoms in total. The molecular weight excluding hydrogens is 342 g/mol. The molecule has 0 saturated heterocycles. The molecule has 0 radical (unpaired) electrons. The lowest BCUT2D eigenvalue weighted by molar-refractivity contribution is -0.118. The number of hydrogen-bond donors (Lipinski definition) is 2. The van der Waals surface area contributed by atoms with Crippen LogP contribution in [0.2, 0.25) is 0 Å². The summed E-state index contributed by atoms with van der Waals surface area (Å²) in [6.45, 7) is 3.32. The number of carbonyl (C=O) groups is 2. The number of aromatic nitrogens is 1. The third-order valence-corrected chi connectivity index (χ3v) is 5.28. The molecule has 2 aliphatic rings. The first-order chi connectivity index (χ1) is 13.1. The van der Waals surface area contributed by atoms with E-state index < -0.39 is 0 Å². The highest BCUT2D eigenvalue weighted by molar-refractivity contribution is 5.99. The van der Waals surface area contributed by atoms with Crippen LogP contribution < -0.4 is 10.1 Å². The van der Waals surface area contributed by atoms with Crippen molar-refractivity contribution in [1.29, 1.82) is 0 Å². The van der Waals surface area contributed by atoms with E-state index in [0.29, 0.717) is 30.1 Å². The molecule has 2 aromatic carbocycles. The first-order valence-electron chi connectivity index (χ1n) is 9.04. The van der Waals surface area contributed by atoms with Gasteiger partial charge in [0.05, 0.1) is 5.69 Å². The van der Waals surface area contributed by atoms with Gasteiger partial charge in [0, 0.05) is 47.2 Å². The van der Waals surface area contributed by atoms with Gasteiger partial charge in [-0.05, 0) is 37.3 Å². The normalized spacial score (nSPS) is 15.7. The standard InChI is InChI=1S/C21H19N3O3/c1-12-2-4-16-14(8-12)15-10-24(7-6-17(15)22-16)21(26)13-3-5-18-19(9-13)27-11-20(25)23-18/h2-5,8-9,22H,6-7,10-11H2,1H3,(H,23,25). The van der Waals surface area contributed by atoms with Crippen LogP contribution in [0.25, 0.3) is 10.9 Å². The lowest BCUT2D eigenvalue weighted by Gasteiger charge is -2.28. The predicted octanol–water partition coefficient (Wildman–Crippen LogP) is 3.01. The molecule has 5 rings (SSSR count). The maximum atomic E-state index is 13.1. The van der Waals surface area contributed by atoms with E-state index in [0.717, 1.165) is 11.9 Å². The third kappa shape index (κ3) is 2.65. The second kappa shape index (κ2) is 5.87. The molecule has 0 aliphatic carbocycles. The van der Waals surface area contributed by atoms with Crippen molar-refractivity contribution in [2.75, 3.05) is 18.5 Å². The van der Waals surface area contributed by atoms with Gasteiger partial charge in [-0.1, -0.05) is 11.6 Å². The van der Waals surface area contributed by atoms with Gasteiger partial charge in [0.1, 0.15) is 5.75 Å². The molecule has 2 aliphatic heterocycles. The summed E-state index contributed by atoms with van der Waals surface area (Å²) in [5.74, 6) is 0.339. The largest absolute Gasteiger partial charge is 0.482 e. The van der Waals surface area contributed by atoms with Gasteiger partial charge in [-0.3, -0.25) is 9.59 Å². The topological polar surface area (TPSA) is 74.4 Å². The summed E-state index contributed by atoms with van der Waals surface area (Å²) in [5, 5.41) is 3.94. The van der Waals surface area contributed by atoms with Crippen molar-refractivity contribution in [2.45, 2.75) is 19.9 Å². The zero-order valence-electron chi connectivity index (χ0n) is 15.0. The highest BCUT2D eigenvalue weighted by Crippen LogP contribution is 2.31. The second-order valence-electron chi connectivity index (χ2n) is 7.16. The minimum atomic E-state index is -0.181. The summed E-state index contributed by atoms with van der Waals surface area (Å²) in [6, 6.07) is 11.6. The number of hydrogen-bond acceptors (Lipinski definition) is 3. The zero-order valence-corrected chi connectivity index (χ0v) is 15.0. The SMILES string of the molecule is Cc1ccc2[nH]c3c(c2c1)CN(C(=O)c1ccc2c(c1)OCC(=O)N2)CC3. The fourth-order valence-corrected chi connectivity index (χ4v) is 3.89. The molecule has 3 aromatic rings. The van der Waals surface area contributed by atoms with Crippen molar-refractivity contribution in [3.05, 3.63) is 58.8 Å². The number of anilines is 1. The van der Waals surface area contributed by atoms with Crippen LogP contribution in [-0.4, -0.2) is 34.8 Å². The molecular formula is C21H19N3O3. The monoisotopic (exact) mass is 361 g/mol. The first-order valence-corrected chi connectivity index (χ1v) is 9.04. The van der Waals surface area contributed by atoms with E-state index in [1.54, 1.807) is 18.2 Å². The van der Waals surface area contributed by atoms with Gasteiger partial charge in [-0.15, -0.1) is 0 Å². The van der Waals surface area contributed by atoms with Crippen LogP contribution in [0.3, 0.4) is 0 Å². The van der Waals surface area contributed by atoms with Crippen molar-refractivity contribution in [3.8, 4) is 5.75 Å². The molecule has 0 unspecified atom stereocenters. The molecule has 136 valence electrons. The minimum absolute atomic E-state index is 0.0214. The Labute approximate surface area is 156 Å². The molecule has 0 fully saturated rings. The van der Waals surface area contributed by atoms with Crippen molar-refractivity contribution in [3.63, 3.8) is 0 Å². The maximum absolute atomic E-state index is 13.1. The average molecular weight is 361 g/mol. The van der Waals surface area contributed by atoms with Crippen LogP contribution >= 0.6 is 0 Å². The molecule has 6 heteroatoms. The quantitative estimate of drug-likeness (QED) is 0.700. The van der Waals surface area contributed by atoms with Crippen LogP contribution in [-0.2, 0) is 17.8 Å². The van der Waals surface area contributed by atoms with Gasteiger partial charge in [0.2, 0.25) is 0 Å². The lowest BCUT2D eigenvalue weighted by atomic mass is 10.0. The fraction of sp³-hybridized carbons (Fsp3) is 0.238. The van der Waals surface area contributed by atoms with Gasteiger partial charge in [0.15, 0.2) is 6.61 Å². The number of benzene rings is 2. The van der Waals surface area contributed by atoms with Crippen molar-refractivity contribution < 1.29 is 14.3 Å². The molecule has 0 atom stereocenters. The Kier molecular flexibility index (Phi) is 3.47. The number of ether oxygens (including phenoxy) is 1. The Morgan fingerprint density at radius 1 is 1.19 bits per heavy atom. The van der Waals surface area contributed by atoms with Crippen LogP contribution in [0.1, 0.15) is 27.2 Å². The molecule has 2 amide bonds. The van der Waals surface area contributed by atoms with Gasteiger partial charge in [-0.25, -0.2) is 0 Å². The van der Waals surface area contributed by atoms with Gasteiger partial charge in [-0.2, -0.15) is 0 Å². The maximum Gasteiger partial charge on any atom is 0.262 e. The number of nitrogens with one attached hydrogen (secondary N) is 2. The van der Waals surface area contributed by atoms with Crippen molar-refractivity contribution in [2.24, 2.45) is 0 Å². The number of aryl methyl sites for hydroxylation is 1. The number of carbonyl (C=O) groups excluding carboxylic acids is 2. The van der Waals surface area contributed by atoms with E-state index >= 15 is 0 Å². The summed E-state index contributed by atoms with van der Waals surface area (Å²) in [4.78, 5) is 29.8. The molecule has 2 N–H and O–H groups in total. The molecule has 0 saturated carbocycles. The van der Waals surface area contributed by atoms with Crippen LogP contribution in [0, 0.1) is 6.92 Å². The summed E-state index contributed by atoms with van der Waals surface area (Å²) in [6.07, 6.45) is 0.812. The highest BCUT2D eigenvalue weighted by Gasteiger charge is 2.26. The summed E-state index contributed by atoms with van der Waals surface area (Å²) >= 11 is 0. The Hall–Kier alpha value is -3.28. The smallest absolute Gasteiger partial charge is 0.262 e. The number of H-pyrrole nitrogens is 1. The van der Waals surface area contributed by atoms with Crippen molar-refractivity contribution >= 4 is 28.4 Å². The van der Waals surface area contributed by atoms with E-state index in [-0.39, 0.29) is 18.4 Å². The molecule has 27 heavy (non-hydrogen) atoms. The second-order valence-corrected chi connectivity index (χ2v) is 7.16. The van der Waals surface area contributed by atoms with Gasteiger partial charge in [0.25, 0.3) is 11.8 Å². The molecule has 1 aromatic heterocycles. The predicted molar refractivity (Wildman–Crippen MR) is 102 cm³/mol. The fourth-order valence-electron chi connectivity index (χ4n) is 3.89. The van der Waals surface area contributed by atoms with E-state index in [1.807, 2.05) is 4.90 Å². The Morgan fingerprint density at radius 2 is 2.07 bits per heavy atom. The van der Waals surface area contributed by atoms with E-state index in [1.165, 1.54) is 22.2 Å². The van der Waals surface area contributed by atoms with E-state index in [4.69, 9.17) is 4.74 Å². The number of amides is 2. The molecule has 0 bridgehead atoms. The summed E-state index contributed by atoms with van der Waals surface area (Å²) in [7, 11) is 0. The number of aromatic amines is 1. The lowest BCUT2D eigenvalue weighted by Crippen LogP contribution is -2.36. The highest BCUT2D eigenvalue weighted by atomic mass is 16.5. The van der Waals surface area contributed by atoms with E-state index in [9.17, 15) is 9.59 Å². The minimum Gasteiger partial charge on any atom is -0.482 e. The van der Waals surface area contributed by atoms with E-state index in [2.05, 4.69) is 35.4 Å². The number of fused-ring (bicyclic) bond motifs is 4. The molecule has 0 spiro atoms. The molecule has 3 heterocycles. The third-order valence-electron chi connectivity index (χ3n) is 5.28. The van der Waals surface area contributed by atoms with Gasteiger partial charge >= 0.3 is 0 Å². The summed E-state index contributed by atoms with van der Waals surface area (Å²) in [5.41, 5.74) is 5.94. The number of nitrogens with zero attached hydrogens (tertiary/aromatic N) is 1. The Morgan fingerprint density at radius 3 is 2.96 bits per heavy atom. The van der Waals surface area contributed by atoms with Crippen LogP contribution in [0.5, 0.6) is 5.75 Å². The van der Waals surface area contributed by atoms with Crippen molar-refractivity contribution in [1.82, 2.24) is 9.88 Å². The van der Waals surface area contributed by atoms with Crippen LogP contribution in [0.4, 0.5) is 5.69 Å². The number of rotatable bonds is 1. The van der Waals surface area contributed by atoms with Gasteiger partial charge < -0.3 is 19.9 Å². The first kappa shape index (κ1) is 15.9. The average Bonchev–Trinajstić information content (AvgIpc) is 3.04.